The molecule has 0 atom stereocenters. The molecule has 2 rings (SSSR count). The molecule has 72 valence electrons. The van der Waals surface area contributed by atoms with Crippen molar-refractivity contribution in [1.82, 2.24) is 10.2 Å². The first-order valence-corrected chi connectivity index (χ1v) is 3.64. The molecule has 0 bridgehead atoms. The molecule has 6 nitrogen and oxygen atoms in total. The van der Waals surface area contributed by atoms with Crippen molar-refractivity contribution in [3.63, 3.8) is 0 Å². The zero-order valence-corrected chi connectivity index (χ0v) is 6.70. The largest absolute Gasteiger partial charge is 0.297 e. The summed E-state index contributed by atoms with van der Waals surface area (Å²) in [7, 11) is 0. The summed E-state index contributed by atoms with van der Waals surface area (Å²) >= 11 is 0. The van der Waals surface area contributed by atoms with Gasteiger partial charge in [-0.15, -0.1) is 0 Å². The molecule has 2 aromatic rings. The van der Waals surface area contributed by atoms with Crippen LogP contribution in [0.2, 0.25) is 0 Å². The molecule has 0 amide bonds. The van der Waals surface area contributed by atoms with Crippen molar-refractivity contribution in [2.45, 2.75) is 0 Å². The van der Waals surface area contributed by atoms with Crippen molar-refractivity contribution >= 4 is 16.6 Å². The molecular weight excluding hydrogens is 193 g/mol. The third kappa shape index (κ3) is 1.06. The predicted octanol–water partition coefficient (Wildman–Crippen LogP) is 0.903. The second-order valence-electron chi connectivity index (χ2n) is 2.68. The summed E-state index contributed by atoms with van der Waals surface area (Å²) in [6, 6.07) is 1.73. The van der Waals surface area contributed by atoms with E-state index in [0.29, 0.717) is 6.07 Å². The topological polar surface area (TPSA) is 91.8 Å². The van der Waals surface area contributed by atoms with Crippen LogP contribution < -0.4 is 5.56 Å². The van der Waals surface area contributed by atoms with Gasteiger partial charge in [0.05, 0.1) is 16.5 Å². The lowest BCUT2D eigenvalue weighted by Gasteiger charge is -1.92. The highest BCUT2D eigenvalue weighted by atomic mass is 19.1. The van der Waals surface area contributed by atoms with E-state index in [9.17, 15) is 19.3 Å². The first kappa shape index (κ1) is 8.42. The average molecular weight is 197 g/mol. The summed E-state index contributed by atoms with van der Waals surface area (Å²) < 4.78 is 12.8. The van der Waals surface area contributed by atoms with E-state index in [1.165, 1.54) is 0 Å². The van der Waals surface area contributed by atoms with E-state index in [1.54, 1.807) is 0 Å². The van der Waals surface area contributed by atoms with Crippen LogP contribution >= 0.6 is 0 Å². The standard InChI is InChI=1S/C7H4FN3O3/c8-3-1-4-6(7(12)10-9-4)5(2-3)11(13)14/h1-2H,(H2,9,10,12). The number of hydrogen-bond acceptors (Lipinski definition) is 3. The number of fused-ring (bicyclic) bond motifs is 1. The molecule has 0 spiro atoms. The summed E-state index contributed by atoms with van der Waals surface area (Å²) in [5, 5.41) is 14.8. The molecule has 0 unspecified atom stereocenters. The molecule has 7 heteroatoms. The quantitative estimate of drug-likeness (QED) is 0.525. The number of benzene rings is 1. The van der Waals surface area contributed by atoms with Gasteiger partial charge in [-0.3, -0.25) is 25.1 Å². The maximum absolute atomic E-state index is 12.8. The lowest BCUT2D eigenvalue weighted by Crippen LogP contribution is -2.01. The van der Waals surface area contributed by atoms with E-state index in [-0.39, 0.29) is 10.9 Å². The van der Waals surface area contributed by atoms with E-state index in [0.717, 1.165) is 6.07 Å². The van der Waals surface area contributed by atoms with Gasteiger partial charge in [-0.05, 0) is 0 Å². The molecule has 0 aliphatic rings. The number of aromatic nitrogens is 2. The first-order chi connectivity index (χ1) is 6.59. The van der Waals surface area contributed by atoms with Crippen LogP contribution in [0.15, 0.2) is 16.9 Å². The van der Waals surface area contributed by atoms with Gasteiger partial charge in [0.2, 0.25) is 0 Å². The minimum Gasteiger partial charge on any atom is -0.297 e. The number of nitro groups is 1. The average Bonchev–Trinajstić information content (AvgIpc) is 2.46. The highest BCUT2D eigenvalue weighted by Crippen LogP contribution is 2.22. The molecule has 0 saturated heterocycles. The Balaban J connectivity index is 2.98. The van der Waals surface area contributed by atoms with Crippen molar-refractivity contribution in [2.24, 2.45) is 0 Å². The zero-order chi connectivity index (χ0) is 10.3. The molecule has 0 radical (unpaired) electrons. The van der Waals surface area contributed by atoms with Crippen LogP contribution in [0.25, 0.3) is 10.9 Å². The lowest BCUT2D eigenvalue weighted by molar-refractivity contribution is -0.383. The van der Waals surface area contributed by atoms with Crippen LogP contribution in [0.5, 0.6) is 0 Å². The fraction of sp³-hybridized carbons (Fsp3) is 0. The molecule has 0 aliphatic heterocycles. The third-order valence-electron chi connectivity index (χ3n) is 1.82. The van der Waals surface area contributed by atoms with Gasteiger partial charge in [-0.25, -0.2) is 4.39 Å². The van der Waals surface area contributed by atoms with Crippen LogP contribution in [-0.4, -0.2) is 15.1 Å². The summed E-state index contributed by atoms with van der Waals surface area (Å²) in [6.45, 7) is 0. The summed E-state index contributed by atoms with van der Waals surface area (Å²) in [5.41, 5.74) is -1.09. The van der Waals surface area contributed by atoms with Gasteiger partial charge in [-0.2, -0.15) is 0 Å². The van der Waals surface area contributed by atoms with Gasteiger partial charge in [0.15, 0.2) is 0 Å². The number of non-ortho nitro benzene ring substituents is 1. The van der Waals surface area contributed by atoms with E-state index in [2.05, 4.69) is 10.2 Å². The van der Waals surface area contributed by atoms with E-state index >= 15 is 0 Å². The lowest BCUT2D eigenvalue weighted by atomic mass is 10.2. The highest BCUT2D eigenvalue weighted by molar-refractivity contribution is 5.87. The molecule has 1 heterocycles. The number of nitrogens with one attached hydrogen (secondary N) is 2. The Kier molecular flexibility index (Phi) is 1.60. The van der Waals surface area contributed by atoms with Gasteiger partial charge >= 0.3 is 0 Å². The number of rotatable bonds is 1. The second-order valence-corrected chi connectivity index (χ2v) is 2.68. The zero-order valence-electron chi connectivity index (χ0n) is 6.70. The second kappa shape index (κ2) is 2.66. The summed E-state index contributed by atoms with van der Waals surface area (Å²) in [5.74, 6) is -0.764. The van der Waals surface area contributed by atoms with Gasteiger partial charge in [-0.1, -0.05) is 0 Å². The van der Waals surface area contributed by atoms with Crippen molar-refractivity contribution in [1.29, 1.82) is 0 Å². The first-order valence-electron chi connectivity index (χ1n) is 3.64. The van der Waals surface area contributed by atoms with Gasteiger partial charge < -0.3 is 0 Å². The third-order valence-corrected chi connectivity index (χ3v) is 1.82. The van der Waals surface area contributed by atoms with Crippen molar-refractivity contribution < 1.29 is 9.31 Å². The van der Waals surface area contributed by atoms with Gasteiger partial charge in [0.25, 0.3) is 11.2 Å². The Morgan fingerprint density at radius 3 is 2.71 bits per heavy atom. The smallest absolute Gasteiger partial charge is 0.287 e. The number of halogens is 1. The fourth-order valence-electron chi connectivity index (χ4n) is 1.26. The van der Waals surface area contributed by atoms with Crippen LogP contribution in [0.4, 0.5) is 10.1 Å². The van der Waals surface area contributed by atoms with Gasteiger partial charge in [0.1, 0.15) is 11.2 Å². The Bertz CT molecular complexity index is 571. The Hall–Kier alpha value is -2.18. The molecule has 0 saturated carbocycles. The van der Waals surface area contributed by atoms with Crippen LogP contribution in [0.1, 0.15) is 0 Å². The highest BCUT2D eigenvalue weighted by Gasteiger charge is 2.18. The minimum atomic E-state index is -0.797. The van der Waals surface area contributed by atoms with Crippen molar-refractivity contribution in [3.8, 4) is 0 Å². The molecule has 2 N–H and O–H groups in total. The monoisotopic (exact) mass is 197 g/mol. The number of hydrogen-bond donors (Lipinski definition) is 2. The Morgan fingerprint density at radius 1 is 1.36 bits per heavy atom. The SMILES string of the molecule is O=c1[nH][nH]c2cc(F)cc([N+](=O)[O-])c12. The summed E-state index contributed by atoms with van der Waals surface area (Å²) in [6.07, 6.45) is 0. The number of aromatic amines is 2. The molecule has 1 aromatic carbocycles. The van der Waals surface area contributed by atoms with Crippen molar-refractivity contribution in [3.05, 3.63) is 38.4 Å². The normalized spacial score (nSPS) is 10.6. The van der Waals surface area contributed by atoms with Crippen LogP contribution in [0.3, 0.4) is 0 Å². The van der Waals surface area contributed by atoms with Crippen LogP contribution in [0, 0.1) is 15.9 Å². The molecule has 0 fully saturated rings. The Morgan fingerprint density at radius 2 is 2.07 bits per heavy atom. The number of nitrogens with zero attached hydrogens (tertiary/aromatic N) is 1. The molecule has 0 aliphatic carbocycles. The molecule has 14 heavy (non-hydrogen) atoms. The summed E-state index contributed by atoms with van der Waals surface area (Å²) in [4.78, 5) is 20.8. The van der Waals surface area contributed by atoms with Crippen LogP contribution in [-0.2, 0) is 0 Å². The minimum absolute atomic E-state index is 0.0849. The van der Waals surface area contributed by atoms with E-state index in [4.69, 9.17) is 0 Å². The predicted molar refractivity (Wildman–Crippen MR) is 45.5 cm³/mol. The van der Waals surface area contributed by atoms with Crippen molar-refractivity contribution in [2.75, 3.05) is 0 Å². The number of H-pyrrole nitrogens is 2. The maximum atomic E-state index is 12.8. The van der Waals surface area contributed by atoms with Gasteiger partial charge in [0, 0.05) is 6.07 Å². The van der Waals surface area contributed by atoms with E-state index in [1.807, 2.05) is 0 Å². The number of nitro benzene ring substituents is 1. The molecule has 1 aromatic heterocycles. The molecular formula is C7H4FN3O3. The maximum Gasteiger partial charge on any atom is 0.287 e. The van der Waals surface area contributed by atoms with E-state index < -0.39 is 22.0 Å². The Labute approximate surface area is 75.5 Å². The fourth-order valence-corrected chi connectivity index (χ4v) is 1.26.